The van der Waals surface area contributed by atoms with Crippen molar-refractivity contribution >= 4 is 5.78 Å². The van der Waals surface area contributed by atoms with Crippen molar-refractivity contribution in [3.05, 3.63) is 12.7 Å². The predicted molar refractivity (Wildman–Crippen MR) is 65.8 cm³/mol. The summed E-state index contributed by atoms with van der Waals surface area (Å²) in [4.78, 5) is 11.7. The molecule has 0 heterocycles. The van der Waals surface area contributed by atoms with E-state index in [4.69, 9.17) is 5.73 Å². The zero-order valence-corrected chi connectivity index (χ0v) is 10.2. The molecule has 0 aromatic heterocycles. The normalized spacial score (nSPS) is 14.6. The average molecular weight is 211 g/mol. The van der Waals surface area contributed by atoms with Crippen LogP contribution in [0.3, 0.4) is 0 Å². The Bertz CT molecular complexity index is 197. The molecule has 0 saturated carbocycles. The van der Waals surface area contributed by atoms with E-state index in [-0.39, 0.29) is 5.78 Å². The van der Waals surface area contributed by atoms with Gasteiger partial charge in [0.05, 0.1) is 5.54 Å². The van der Waals surface area contributed by atoms with E-state index >= 15 is 0 Å². The molecular weight excluding hydrogens is 186 g/mol. The molecule has 0 aromatic carbocycles. The Balaban J connectivity index is 3.68. The lowest BCUT2D eigenvalue weighted by atomic mass is 9.89. The smallest absolute Gasteiger partial charge is 0.152 e. The first-order chi connectivity index (χ1) is 7.04. The minimum atomic E-state index is -0.604. The zero-order valence-electron chi connectivity index (χ0n) is 10.2. The molecule has 0 aromatic rings. The van der Waals surface area contributed by atoms with E-state index < -0.39 is 5.54 Å². The molecule has 2 nitrogen and oxygen atoms in total. The molecule has 0 fully saturated rings. The Morgan fingerprint density at radius 3 is 2.60 bits per heavy atom. The first-order valence-corrected chi connectivity index (χ1v) is 5.97. The molecule has 15 heavy (non-hydrogen) atoms. The summed E-state index contributed by atoms with van der Waals surface area (Å²) in [6, 6.07) is 0. The largest absolute Gasteiger partial charge is 0.319 e. The van der Waals surface area contributed by atoms with Gasteiger partial charge < -0.3 is 5.73 Å². The first-order valence-electron chi connectivity index (χ1n) is 5.97. The summed E-state index contributed by atoms with van der Waals surface area (Å²) in [5.41, 5.74) is 5.34. The van der Waals surface area contributed by atoms with Gasteiger partial charge >= 0.3 is 0 Å². The summed E-state index contributed by atoms with van der Waals surface area (Å²) in [6.45, 7) is 7.58. The van der Waals surface area contributed by atoms with Gasteiger partial charge in [0, 0.05) is 6.42 Å². The van der Waals surface area contributed by atoms with Crippen molar-refractivity contribution in [1.29, 1.82) is 0 Å². The van der Waals surface area contributed by atoms with E-state index in [1.165, 1.54) is 0 Å². The number of unbranched alkanes of at least 4 members (excludes halogenated alkanes) is 3. The molecule has 0 aliphatic heterocycles. The van der Waals surface area contributed by atoms with Crippen LogP contribution in [-0.2, 0) is 4.79 Å². The van der Waals surface area contributed by atoms with Gasteiger partial charge in [0.1, 0.15) is 0 Å². The highest BCUT2D eigenvalue weighted by Crippen LogP contribution is 2.14. The zero-order chi connectivity index (χ0) is 11.7. The van der Waals surface area contributed by atoms with Gasteiger partial charge in [0.25, 0.3) is 0 Å². The average Bonchev–Trinajstić information content (AvgIpc) is 2.17. The summed E-state index contributed by atoms with van der Waals surface area (Å²) in [7, 11) is 0. The summed E-state index contributed by atoms with van der Waals surface area (Å²) in [6.07, 6.45) is 8.54. The minimum absolute atomic E-state index is 0.211. The molecule has 0 amide bonds. The lowest BCUT2D eigenvalue weighted by Crippen LogP contribution is -2.44. The second kappa shape index (κ2) is 7.63. The number of carbonyl (C=O) groups excluding carboxylic acids is 1. The van der Waals surface area contributed by atoms with Crippen molar-refractivity contribution < 1.29 is 4.79 Å². The first kappa shape index (κ1) is 14.4. The number of carbonyl (C=O) groups is 1. The summed E-state index contributed by atoms with van der Waals surface area (Å²) >= 11 is 0. The van der Waals surface area contributed by atoms with Crippen molar-refractivity contribution in [3.63, 3.8) is 0 Å². The van der Waals surface area contributed by atoms with Gasteiger partial charge in [-0.05, 0) is 32.6 Å². The molecule has 0 bridgehead atoms. The standard InChI is InChI=1S/C13H25NO/c1-4-6-7-8-9-10-12(15)13(3,14)11-5-2/h4H,1,5-11,14H2,2-3H3. The summed E-state index contributed by atoms with van der Waals surface area (Å²) < 4.78 is 0. The SMILES string of the molecule is C=CCCCCCC(=O)C(C)(N)CCC. The third kappa shape index (κ3) is 6.45. The highest BCUT2D eigenvalue weighted by Gasteiger charge is 2.25. The molecule has 2 N–H and O–H groups in total. The number of rotatable bonds is 9. The molecule has 0 aliphatic rings. The van der Waals surface area contributed by atoms with Gasteiger partial charge in [-0.25, -0.2) is 0 Å². The van der Waals surface area contributed by atoms with E-state index in [0.717, 1.165) is 38.5 Å². The van der Waals surface area contributed by atoms with Gasteiger partial charge in [-0.1, -0.05) is 25.8 Å². The second-order valence-corrected chi connectivity index (χ2v) is 4.48. The van der Waals surface area contributed by atoms with Crippen LogP contribution in [0.15, 0.2) is 12.7 Å². The molecule has 2 heteroatoms. The summed E-state index contributed by atoms with van der Waals surface area (Å²) in [5.74, 6) is 0.211. The quantitative estimate of drug-likeness (QED) is 0.470. The van der Waals surface area contributed by atoms with Gasteiger partial charge in [0.15, 0.2) is 5.78 Å². The van der Waals surface area contributed by atoms with Crippen molar-refractivity contribution in [2.24, 2.45) is 5.73 Å². The fraction of sp³-hybridized carbons (Fsp3) is 0.769. The van der Waals surface area contributed by atoms with E-state index in [0.29, 0.717) is 6.42 Å². The molecule has 88 valence electrons. The van der Waals surface area contributed by atoms with Crippen LogP contribution in [-0.4, -0.2) is 11.3 Å². The Kier molecular flexibility index (Phi) is 7.31. The van der Waals surface area contributed by atoms with Gasteiger partial charge in [-0.3, -0.25) is 4.79 Å². The fourth-order valence-electron chi connectivity index (χ4n) is 1.70. The van der Waals surface area contributed by atoms with Crippen molar-refractivity contribution in [3.8, 4) is 0 Å². The molecule has 1 unspecified atom stereocenters. The molecule has 0 spiro atoms. The number of hydrogen-bond donors (Lipinski definition) is 1. The van der Waals surface area contributed by atoms with E-state index in [2.05, 4.69) is 13.5 Å². The van der Waals surface area contributed by atoms with Crippen LogP contribution >= 0.6 is 0 Å². The fourth-order valence-corrected chi connectivity index (χ4v) is 1.70. The van der Waals surface area contributed by atoms with Crippen LogP contribution in [0, 0.1) is 0 Å². The summed E-state index contributed by atoms with van der Waals surface area (Å²) in [5, 5.41) is 0. The molecule has 0 rings (SSSR count). The van der Waals surface area contributed by atoms with Crippen LogP contribution in [0.5, 0.6) is 0 Å². The van der Waals surface area contributed by atoms with E-state index in [1.54, 1.807) is 0 Å². The monoisotopic (exact) mass is 211 g/mol. The molecule has 0 saturated heterocycles. The maximum atomic E-state index is 11.7. The highest BCUT2D eigenvalue weighted by atomic mass is 16.1. The van der Waals surface area contributed by atoms with Crippen molar-refractivity contribution in [2.45, 2.75) is 64.3 Å². The Hall–Kier alpha value is -0.630. The maximum Gasteiger partial charge on any atom is 0.152 e. The van der Waals surface area contributed by atoms with E-state index in [1.807, 2.05) is 13.0 Å². The lowest BCUT2D eigenvalue weighted by Gasteiger charge is -2.22. The second-order valence-electron chi connectivity index (χ2n) is 4.48. The van der Waals surface area contributed by atoms with E-state index in [9.17, 15) is 4.79 Å². The molecule has 1 atom stereocenters. The van der Waals surface area contributed by atoms with Crippen LogP contribution in [0.1, 0.15) is 58.8 Å². The Morgan fingerprint density at radius 1 is 1.40 bits per heavy atom. The number of ketones is 1. The van der Waals surface area contributed by atoms with Crippen LogP contribution in [0.2, 0.25) is 0 Å². The van der Waals surface area contributed by atoms with Gasteiger partial charge in [-0.2, -0.15) is 0 Å². The third-order valence-corrected chi connectivity index (χ3v) is 2.72. The number of nitrogens with two attached hydrogens (primary N) is 1. The number of hydrogen-bond acceptors (Lipinski definition) is 2. The van der Waals surface area contributed by atoms with Crippen LogP contribution in [0.4, 0.5) is 0 Å². The topological polar surface area (TPSA) is 43.1 Å². The van der Waals surface area contributed by atoms with Gasteiger partial charge in [-0.15, -0.1) is 6.58 Å². The van der Waals surface area contributed by atoms with Crippen molar-refractivity contribution in [1.82, 2.24) is 0 Å². The molecule has 0 aliphatic carbocycles. The number of Topliss-reactive ketones (excluding diaryl/α,β-unsaturated/α-hetero) is 1. The Labute approximate surface area is 93.9 Å². The van der Waals surface area contributed by atoms with Crippen LogP contribution < -0.4 is 5.73 Å². The van der Waals surface area contributed by atoms with Crippen LogP contribution in [0.25, 0.3) is 0 Å². The number of allylic oxidation sites excluding steroid dienone is 1. The molecular formula is C13H25NO. The highest BCUT2D eigenvalue weighted by molar-refractivity contribution is 5.87. The van der Waals surface area contributed by atoms with Crippen molar-refractivity contribution in [2.75, 3.05) is 0 Å². The maximum absolute atomic E-state index is 11.7. The Morgan fingerprint density at radius 2 is 2.07 bits per heavy atom. The van der Waals surface area contributed by atoms with Gasteiger partial charge in [0.2, 0.25) is 0 Å². The minimum Gasteiger partial charge on any atom is -0.319 e. The lowest BCUT2D eigenvalue weighted by molar-refractivity contribution is -0.124. The third-order valence-electron chi connectivity index (χ3n) is 2.72. The predicted octanol–water partition coefficient (Wildman–Crippen LogP) is 3.21. The molecule has 0 radical (unpaired) electrons.